The Hall–Kier alpha value is -4.12. The smallest absolute Gasteiger partial charge is 0.225 e. The molecule has 332 valence electrons. The van der Waals surface area contributed by atoms with Crippen LogP contribution in [-0.2, 0) is 32.0 Å². The molecule has 4 heterocycles. The summed E-state index contributed by atoms with van der Waals surface area (Å²) in [7, 11) is 0. The highest BCUT2D eigenvalue weighted by atomic mass is 19.1. The molecule has 4 fully saturated rings. The van der Waals surface area contributed by atoms with E-state index in [0.29, 0.717) is 37.3 Å². The van der Waals surface area contributed by atoms with Crippen molar-refractivity contribution in [3.63, 3.8) is 0 Å². The standard InChI is InChI=1S/2C22H31F2N3O3/c2*1-2-3-7-27-13-15(11-20(27)28)22(30)26-19(21(29)18-5-4-6-25-18)10-14-8-16(23)12-17(24)9-14/h2*8-9,12,15,18-19,21,25,29H,2-7,10-11,13H2,1H3,(H,26,30)/t15-,18+,19-,21+;15-,18-,19+,21-/m01/s1. The van der Waals surface area contributed by atoms with Gasteiger partial charge in [0.25, 0.3) is 0 Å². The number of carbonyl (C=O) groups excluding carboxylic acids is 4. The molecule has 12 nitrogen and oxygen atoms in total. The Morgan fingerprint density at radius 1 is 0.667 bits per heavy atom. The van der Waals surface area contributed by atoms with E-state index < -0.39 is 59.4 Å². The van der Waals surface area contributed by atoms with Crippen molar-refractivity contribution in [1.29, 1.82) is 0 Å². The zero-order valence-electron chi connectivity index (χ0n) is 34.7. The summed E-state index contributed by atoms with van der Waals surface area (Å²) in [6.45, 7) is 7.65. The maximum Gasteiger partial charge on any atom is 0.225 e. The molecular formula is C44H62F4N6O6. The van der Waals surface area contributed by atoms with Crippen molar-refractivity contribution in [3.8, 4) is 0 Å². The second kappa shape index (κ2) is 22.6. The minimum Gasteiger partial charge on any atom is -0.389 e. The Morgan fingerprint density at radius 2 is 1.03 bits per heavy atom. The highest BCUT2D eigenvalue weighted by Gasteiger charge is 2.39. The van der Waals surface area contributed by atoms with Crippen LogP contribution in [0.4, 0.5) is 17.6 Å². The highest BCUT2D eigenvalue weighted by molar-refractivity contribution is 5.90. The normalized spacial score (nSPS) is 23.6. The molecule has 4 aliphatic rings. The van der Waals surface area contributed by atoms with Crippen molar-refractivity contribution in [1.82, 2.24) is 31.1 Å². The molecule has 60 heavy (non-hydrogen) atoms. The molecule has 4 aliphatic heterocycles. The van der Waals surface area contributed by atoms with Crippen LogP contribution in [0.15, 0.2) is 36.4 Å². The molecule has 4 amide bonds. The van der Waals surface area contributed by atoms with Gasteiger partial charge in [-0.2, -0.15) is 0 Å². The average Bonchev–Trinajstić information content (AvgIpc) is 4.04. The summed E-state index contributed by atoms with van der Waals surface area (Å²) in [5, 5.41) is 33.9. The molecule has 6 N–H and O–H groups in total. The Morgan fingerprint density at radius 3 is 1.35 bits per heavy atom. The topological polar surface area (TPSA) is 163 Å². The monoisotopic (exact) mass is 846 g/mol. The number of likely N-dealkylation sites (tertiary alicyclic amines) is 2. The number of nitrogens with one attached hydrogen (secondary N) is 4. The van der Waals surface area contributed by atoms with E-state index in [9.17, 15) is 47.0 Å². The van der Waals surface area contributed by atoms with Crippen LogP contribution < -0.4 is 21.3 Å². The van der Waals surface area contributed by atoms with Gasteiger partial charge < -0.3 is 41.3 Å². The highest BCUT2D eigenvalue weighted by Crippen LogP contribution is 2.23. The van der Waals surface area contributed by atoms with Crippen LogP contribution in [0.5, 0.6) is 0 Å². The van der Waals surface area contributed by atoms with E-state index >= 15 is 0 Å². The molecule has 0 aliphatic carbocycles. The molecule has 0 saturated carbocycles. The summed E-state index contributed by atoms with van der Waals surface area (Å²) >= 11 is 0. The zero-order valence-corrected chi connectivity index (χ0v) is 34.7. The van der Waals surface area contributed by atoms with Gasteiger partial charge in [0, 0.05) is 63.2 Å². The SMILES string of the molecule is CCCCN1C[C@@H](C(=O)N[C@@H](Cc2cc(F)cc(F)c2)[C@H](O)[C@H]2CCCN2)CC1=O.CCCCN1C[C@H](C(=O)N[C@@H](Cc2cc(F)cc(F)c2)[C@H](O)[C@H]2CCCN2)CC1=O. The van der Waals surface area contributed by atoms with E-state index in [4.69, 9.17) is 0 Å². The fourth-order valence-electron chi connectivity index (χ4n) is 8.67. The Balaban J connectivity index is 0.000000228. The molecule has 8 atom stereocenters. The molecule has 2 aromatic rings. The van der Waals surface area contributed by atoms with Crippen LogP contribution in [-0.4, -0.2) is 119 Å². The largest absolute Gasteiger partial charge is 0.389 e. The number of nitrogens with zero attached hydrogens (tertiary/aromatic N) is 2. The van der Waals surface area contributed by atoms with Crippen molar-refractivity contribution in [3.05, 3.63) is 70.8 Å². The Kier molecular flexibility index (Phi) is 17.7. The number of halogens is 4. The quantitative estimate of drug-likeness (QED) is 0.124. The van der Waals surface area contributed by atoms with E-state index in [1.807, 2.05) is 13.8 Å². The molecule has 0 bridgehead atoms. The predicted molar refractivity (Wildman–Crippen MR) is 217 cm³/mol. The lowest BCUT2D eigenvalue weighted by atomic mass is 9.94. The van der Waals surface area contributed by atoms with E-state index in [0.717, 1.165) is 76.6 Å². The van der Waals surface area contributed by atoms with Crippen LogP contribution in [0.3, 0.4) is 0 Å². The second-order valence-corrected chi connectivity index (χ2v) is 16.8. The third-order valence-electron chi connectivity index (χ3n) is 12.0. The third-order valence-corrected chi connectivity index (χ3v) is 12.0. The second-order valence-electron chi connectivity index (χ2n) is 16.8. The van der Waals surface area contributed by atoms with Crippen LogP contribution in [0.25, 0.3) is 0 Å². The first-order valence-corrected chi connectivity index (χ1v) is 21.6. The molecular weight excluding hydrogens is 785 g/mol. The molecule has 0 radical (unpaired) electrons. The summed E-state index contributed by atoms with van der Waals surface area (Å²) < 4.78 is 54.5. The number of amides is 4. The van der Waals surface area contributed by atoms with E-state index in [1.54, 1.807) is 9.80 Å². The number of aliphatic hydroxyl groups excluding tert-OH is 2. The fourth-order valence-corrected chi connectivity index (χ4v) is 8.67. The van der Waals surface area contributed by atoms with Gasteiger partial charge in [0.15, 0.2) is 0 Å². The Labute approximate surface area is 350 Å². The first kappa shape index (κ1) is 46.9. The number of hydrogen-bond acceptors (Lipinski definition) is 8. The van der Waals surface area contributed by atoms with Gasteiger partial charge in [0.2, 0.25) is 23.6 Å². The summed E-state index contributed by atoms with van der Waals surface area (Å²) in [4.78, 5) is 53.6. The summed E-state index contributed by atoms with van der Waals surface area (Å²) in [6, 6.07) is 4.61. The van der Waals surface area contributed by atoms with Gasteiger partial charge in [-0.15, -0.1) is 0 Å². The molecule has 0 unspecified atom stereocenters. The number of benzene rings is 2. The summed E-state index contributed by atoms with van der Waals surface area (Å²) in [5.74, 6) is -4.44. The van der Waals surface area contributed by atoms with Crippen molar-refractivity contribution in [2.24, 2.45) is 11.8 Å². The van der Waals surface area contributed by atoms with Gasteiger partial charge in [-0.25, -0.2) is 17.6 Å². The van der Waals surface area contributed by atoms with Crippen LogP contribution >= 0.6 is 0 Å². The lowest BCUT2D eigenvalue weighted by Gasteiger charge is -2.29. The maximum absolute atomic E-state index is 13.6. The first-order chi connectivity index (χ1) is 28.7. The lowest BCUT2D eigenvalue weighted by Crippen LogP contribution is -2.53. The number of hydrogen-bond donors (Lipinski definition) is 6. The van der Waals surface area contributed by atoms with Crippen molar-refractivity contribution in [2.45, 2.75) is 127 Å². The minimum atomic E-state index is -0.906. The van der Waals surface area contributed by atoms with Gasteiger partial charge in [0.05, 0.1) is 36.1 Å². The average molecular weight is 847 g/mol. The van der Waals surface area contributed by atoms with Crippen LogP contribution in [0, 0.1) is 35.1 Å². The molecule has 4 saturated heterocycles. The number of rotatable bonds is 18. The van der Waals surface area contributed by atoms with E-state index in [-0.39, 0.29) is 61.4 Å². The first-order valence-electron chi connectivity index (χ1n) is 21.6. The number of unbranched alkanes of at least 4 members (excludes halogenated alkanes) is 2. The lowest BCUT2D eigenvalue weighted by molar-refractivity contribution is -0.129. The minimum absolute atomic E-state index is 0.0367. The molecule has 0 spiro atoms. The Bertz CT molecular complexity index is 1600. The fraction of sp³-hybridized carbons (Fsp3) is 0.636. The van der Waals surface area contributed by atoms with Gasteiger partial charge in [0.1, 0.15) is 23.3 Å². The number of carbonyl (C=O) groups is 4. The van der Waals surface area contributed by atoms with Gasteiger partial charge >= 0.3 is 0 Å². The van der Waals surface area contributed by atoms with Crippen molar-refractivity contribution in [2.75, 3.05) is 39.3 Å². The van der Waals surface area contributed by atoms with Gasteiger partial charge in [-0.1, -0.05) is 26.7 Å². The summed E-state index contributed by atoms with van der Waals surface area (Å²) in [6.07, 6.45) is 5.74. The van der Waals surface area contributed by atoms with Crippen LogP contribution in [0.1, 0.15) is 89.2 Å². The van der Waals surface area contributed by atoms with Crippen molar-refractivity contribution < 1.29 is 47.0 Å². The van der Waals surface area contributed by atoms with E-state index in [1.165, 1.54) is 24.3 Å². The van der Waals surface area contributed by atoms with E-state index in [2.05, 4.69) is 21.3 Å². The zero-order chi connectivity index (χ0) is 43.3. The van der Waals surface area contributed by atoms with Gasteiger partial charge in [-0.3, -0.25) is 19.2 Å². The van der Waals surface area contributed by atoms with Gasteiger partial charge in [-0.05, 0) is 99.8 Å². The van der Waals surface area contributed by atoms with Crippen molar-refractivity contribution >= 4 is 23.6 Å². The molecule has 2 aromatic carbocycles. The molecule has 6 rings (SSSR count). The predicted octanol–water partition coefficient (Wildman–Crippen LogP) is 3.51. The maximum atomic E-state index is 13.6. The third kappa shape index (κ3) is 13.4. The molecule has 0 aromatic heterocycles. The molecule has 16 heteroatoms. The van der Waals surface area contributed by atoms with Crippen LogP contribution in [0.2, 0.25) is 0 Å². The summed E-state index contributed by atoms with van der Waals surface area (Å²) in [5.41, 5.74) is 0.726. The number of aliphatic hydroxyl groups is 2.